The fraction of sp³-hybridized carbons (Fsp3) is 0.294. The maximum atomic E-state index is 12.5. The predicted molar refractivity (Wildman–Crippen MR) is 83.0 cm³/mol. The molecule has 0 bridgehead atoms. The minimum absolute atomic E-state index is 0.105. The maximum Gasteiger partial charge on any atom is 0.416 e. The van der Waals surface area contributed by atoms with E-state index in [4.69, 9.17) is 12.6 Å². The van der Waals surface area contributed by atoms with Crippen molar-refractivity contribution in [1.82, 2.24) is 4.90 Å². The Bertz CT molecular complexity index is 649. The molecule has 2 nitrogen and oxygen atoms in total. The zero-order valence-electron chi connectivity index (χ0n) is 12.4. The number of hydrogen-bond donors (Lipinski definition) is 0. The van der Waals surface area contributed by atoms with E-state index in [9.17, 15) is 13.2 Å². The summed E-state index contributed by atoms with van der Waals surface area (Å²) in [6.07, 6.45) is -4.18. The number of rotatable bonds is 4. The minimum Gasteiger partial charge on any atom is -0.488 e. The Morgan fingerprint density at radius 3 is 2.17 bits per heavy atom. The average molecular weight is 317 g/mol. The van der Waals surface area contributed by atoms with E-state index in [0.29, 0.717) is 12.0 Å². The lowest BCUT2D eigenvalue weighted by molar-refractivity contribution is -0.137. The number of alkyl halides is 3. The van der Waals surface area contributed by atoms with Crippen molar-refractivity contribution in [3.05, 3.63) is 59.7 Å². The second-order valence-electron chi connectivity index (χ2n) is 5.70. The van der Waals surface area contributed by atoms with E-state index in [2.05, 4.69) is 4.90 Å². The van der Waals surface area contributed by atoms with Crippen molar-refractivity contribution in [2.75, 3.05) is 13.1 Å². The van der Waals surface area contributed by atoms with Gasteiger partial charge in [-0.05, 0) is 29.8 Å². The van der Waals surface area contributed by atoms with E-state index < -0.39 is 11.7 Å². The van der Waals surface area contributed by atoms with Gasteiger partial charge in [-0.2, -0.15) is 13.2 Å². The van der Waals surface area contributed by atoms with Gasteiger partial charge in [0.05, 0.1) is 5.56 Å². The number of halogens is 3. The largest absolute Gasteiger partial charge is 0.488 e. The highest BCUT2D eigenvalue weighted by Crippen LogP contribution is 2.29. The summed E-state index contributed by atoms with van der Waals surface area (Å²) < 4.78 is 43.3. The second kappa shape index (κ2) is 6.28. The van der Waals surface area contributed by atoms with Crippen LogP contribution in [0.1, 0.15) is 11.1 Å². The lowest BCUT2D eigenvalue weighted by Crippen LogP contribution is -2.53. The van der Waals surface area contributed by atoms with Crippen molar-refractivity contribution in [2.45, 2.75) is 18.8 Å². The van der Waals surface area contributed by atoms with Crippen LogP contribution >= 0.6 is 0 Å². The van der Waals surface area contributed by atoms with Gasteiger partial charge in [-0.3, -0.25) is 4.90 Å². The van der Waals surface area contributed by atoms with Crippen LogP contribution in [0.15, 0.2) is 48.5 Å². The molecule has 3 rings (SSSR count). The summed E-state index contributed by atoms with van der Waals surface area (Å²) in [4.78, 5) is 2.13. The smallest absolute Gasteiger partial charge is 0.416 e. The van der Waals surface area contributed by atoms with Gasteiger partial charge >= 0.3 is 6.18 Å². The summed E-state index contributed by atoms with van der Waals surface area (Å²) in [5, 5.41) is 0. The number of hydrogen-bond acceptors (Lipinski definition) is 2. The standard InChI is InChI=1S/C17H15BF3NO/c18-14-5-7-15(8-6-14)23-16-10-22(11-16)9-12-1-3-13(4-2-12)17(19,20)21/h1-8,16H,9-11H2. The van der Waals surface area contributed by atoms with Crippen molar-refractivity contribution in [3.63, 3.8) is 0 Å². The Morgan fingerprint density at radius 2 is 1.61 bits per heavy atom. The summed E-state index contributed by atoms with van der Waals surface area (Å²) in [6, 6.07) is 12.5. The van der Waals surface area contributed by atoms with Crippen molar-refractivity contribution in [1.29, 1.82) is 0 Å². The Morgan fingerprint density at radius 1 is 1.00 bits per heavy atom. The van der Waals surface area contributed by atoms with Gasteiger partial charge < -0.3 is 4.74 Å². The van der Waals surface area contributed by atoms with Crippen molar-refractivity contribution >= 4 is 13.3 Å². The predicted octanol–water partition coefficient (Wildman–Crippen LogP) is 2.76. The molecule has 0 N–H and O–H groups in total. The van der Waals surface area contributed by atoms with E-state index >= 15 is 0 Å². The maximum absolute atomic E-state index is 12.5. The van der Waals surface area contributed by atoms with Gasteiger partial charge in [-0.15, -0.1) is 0 Å². The van der Waals surface area contributed by atoms with E-state index in [1.54, 1.807) is 12.1 Å². The van der Waals surface area contributed by atoms with E-state index in [0.717, 1.165) is 36.5 Å². The highest BCUT2D eigenvalue weighted by atomic mass is 19.4. The monoisotopic (exact) mass is 317 g/mol. The Hall–Kier alpha value is -1.95. The van der Waals surface area contributed by atoms with Gasteiger partial charge in [0.15, 0.2) is 0 Å². The molecule has 0 amide bonds. The molecule has 2 radical (unpaired) electrons. The highest BCUT2D eigenvalue weighted by molar-refractivity contribution is 6.32. The summed E-state index contributed by atoms with van der Waals surface area (Å²) in [6.45, 7) is 2.14. The Balaban J connectivity index is 1.47. The van der Waals surface area contributed by atoms with Crippen LogP contribution in [-0.4, -0.2) is 31.9 Å². The molecule has 0 unspecified atom stereocenters. The van der Waals surface area contributed by atoms with Gasteiger partial charge in [0.2, 0.25) is 0 Å². The van der Waals surface area contributed by atoms with Crippen LogP contribution in [0.5, 0.6) is 5.75 Å². The molecule has 0 saturated carbocycles. The Labute approximate surface area is 134 Å². The molecule has 0 aromatic heterocycles. The minimum atomic E-state index is -4.28. The van der Waals surface area contributed by atoms with Gasteiger partial charge in [0, 0.05) is 19.6 Å². The fourth-order valence-corrected chi connectivity index (χ4v) is 2.52. The van der Waals surface area contributed by atoms with Gasteiger partial charge in [-0.25, -0.2) is 0 Å². The molecule has 6 heteroatoms. The third kappa shape index (κ3) is 4.07. The molecule has 2 aromatic carbocycles. The molecule has 2 aromatic rings. The van der Waals surface area contributed by atoms with Crippen LogP contribution in [0.2, 0.25) is 0 Å². The normalized spacial score (nSPS) is 16.1. The topological polar surface area (TPSA) is 12.5 Å². The number of nitrogens with zero attached hydrogens (tertiary/aromatic N) is 1. The molecule has 1 saturated heterocycles. The summed E-state index contributed by atoms with van der Waals surface area (Å²) in [5.41, 5.74) is 0.938. The molecular weight excluding hydrogens is 302 g/mol. The first-order valence-corrected chi connectivity index (χ1v) is 7.31. The molecule has 118 valence electrons. The van der Waals surface area contributed by atoms with Crippen LogP contribution in [0.25, 0.3) is 0 Å². The first-order chi connectivity index (χ1) is 10.9. The van der Waals surface area contributed by atoms with Crippen molar-refractivity contribution in [2.24, 2.45) is 0 Å². The molecule has 1 aliphatic heterocycles. The van der Waals surface area contributed by atoms with Crippen LogP contribution < -0.4 is 10.2 Å². The number of benzene rings is 2. The highest BCUT2D eigenvalue weighted by Gasteiger charge is 2.31. The van der Waals surface area contributed by atoms with E-state index in [1.165, 1.54) is 12.1 Å². The third-order valence-corrected chi connectivity index (χ3v) is 3.79. The van der Waals surface area contributed by atoms with Gasteiger partial charge in [0.25, 0.3) is 0 Å². The Kier molecular flexibility index (Phi) is 4.35. The van der Waals surface area contributed by atoms with E-state index in [-0.39, 0.29) is 6.10 Å². The quantitative estimate of drug-likeness (QED) is 0.804. The van der Waals surface area contributed by atoms with Crippen LogP contribution in [-0.2, 0) is 12.7 Å². The molecule has 1 heterocycles. The summed E-state index contributed by atoms with van der Waals surface area (Å²) in [7, 11) is 5.62. The first-order valence-electron chi connectivity index (χ1n) is 7.31. The lowest BCUT2D eigenvalue weighted by atomic mass is 9.97. The lowest BCUT2D eigenvalue weighted by Gasteiger charge is -2.39. The van der Waals surface area contributed by atoms with Gasteiger partial charge in [0.1, 0.15) is 19.7 Å². The fourth-order valence-electron chi connectivity index (χ4n) is 2.52. The van der Waals surface area contributed by atoms with E-state index in [1.807, 2.05) is 12.1 Å². The first kappa shape index (κ1) is 15.9. The number of likely N-dealkylation sites (tertiary alicyclic amines) is 1. The molecule has 1 aliphatic rings. The zero-order chi connectivity index (χ0) is 16.4. The van der Waals surface area contributed by atoms with Crippen LogP contribution in [0.4, 0.5) is 13.2 Å². The summed E-state index contributed by atoms with van der Waals surface area (Å²) in [5.74, 6) is 0.776. The molecule has 23 heavy (non-hydrogen) atoms. The molecular formula is C17H15BF3NO. The molecule has 1 fully saturated rings. The zero-order valence-corrected chi connectivity index (χ0v) is 12.4. The second-order valence-corrected chi connectivity index (χ2v) is 5.70. The third-order valence-electron chi connectivity index (χ3n) is 3.79. The van der Waals surface area contributed by atoms with Crippen LogP contribution in [0.3, 0.4) is 0 Å². The molecule has 0 spiro atoms. The molecule has 0 aliphatic carbocycles. The summed E-state index contributed by atoms with van der Waals surface area (Å²) >= 11 is 0. The van der Waals surface area contributed by atoms with Crippen molar-refractivity contribution < 1.29 is 17.9 Å². The SMILES string of the molecule is [B]c1ccc(OC2CN(Cc3ccc(C(F)(F)F)cc3)C2)cc1. The number of ether oxygens (including phenoxy) is 1. The molecule has 0 atom stereocenters. The van der Waals surface area contributed by atoms with Gasteiger partial charge in [-0.1, -0.05) is 29.7 Å². The van der Waals surface area contributed by atoms with Crippen LogP contribution in [0, 0.1) is 0 Å². The van der Waals surface area contributed by atoms with Crippen molar-refractivity contribution in [3.8, 4) is 5.75 Å². The average Bonchev–Trinajstić information content (AvgIpc) is 2.47.